The van der Waals surface area contributed by atoms with Gasteiger partial charge < -0.3 is 11.5 Å². The minimum absolute atomic E-state index is 0.240. The van der Waals surface area contributed by atoms with E-state index >= 15 is 0 Å². The Morgan fingerprint density at radius 2 is 1.87 bits per heavy atom. The van der Waals surface area contributed by atoms with Crippen molar-refractivity contribution in [2.75, 3.05) is 5.73 Å². The van der Waals surface area contributed by atoms with Gasteiger partial charge in [0.15, 0.2) is 12.1 Å². The number of carbonyl (C=O) groups is 1. The fraction of sp³-hybridized carbons (Fsp3) is 0.222. The lowest BCUT2D eigenvalue weighted by atomic mass is 10.0. The number of imidazole rings is 1. The van der Waals surface area contributed by atoms with E-state index in [2.05, 4.69) is 4.98 Å². The molecule has 1 aliphatic carbocycles. The minimum atomic E-state index is 0.240. The van der Waals surface area contributed by atoms with E-state index < -0.39 is 0 Å². The molecule has 5 heteroatoms. The summed E-state index contributed by atoms with van der Waals surface area (Å²) in [4.78, 5) is 15.3. The van der Waals surface area contributed by atoms with Gasteiger partial charge in [0.2, 0.25) is 0 Å². The topological polar surface area (TPSA) is 86.4 Å². The third kappa shape index (κ3) is 3.24. The summed E-state index contributed by atoms with van der Waals surface area (Å²) in [6, 6.07) is 11.7. The molecular weight excluding hydrogens is 288 g/mol. The van der Waals surface area contributed by atoms with Gasteiger partial charge in [-0.3, -0.25) is 9.20 Å². The number of nitrogens with zero attached hydrogens (tertiary/aromatic N) is 2. The number of hydrogen-bond acceptors (Lipinski definition) is 4. The second kappa shape index (κ2) is 6.62. The molecule has 2 aromatic heterocycles. The molecule has 0 bridgehead atoms. The molecule has 1 aromatic carbocycles. The van der Waals surface area contributed by atoms with E-state index in [0.29, 0.717) is 24.2 Å². The van der Waals surface area contributed by atoms with Gasteiger partial charge in [-0.15, -0.1) is 0 Å². The van der Waals surface area contributed by atoms with Crippen molar-refractivity contribution in [3.8, 4) is 11.1 Å². The molecule has 1 saturated carbocycles. The summed E-state index contributed by atoms with van der Waals surface area (Å²) in [6.45, 7) is 0.459. The third-order valence-electron chi connectivity index (χ3n) is 3.70. The van der Waals surface area contributed by atoms with E-state index in [4.69, 9.17) is 11.5 Å². The average Bonchev–Trinajstić information content (AvgIpc) is 3.43. The van der Waals surface area contributed by atoms with Gasteiger partial charge in [0.05, 0.1) is 0 Å². The highest BCUT2D eigenvalue weighted by Gasteiger charge is 2.10. The lowest BCUT2D eigenvalue weighted by molar-refractivity contribution is 0.111. The predicted molar refractivity (Wildman–Crippen MR) is 92.2 cm³/mol. The Kier molecular flexibility index (Phi) is 4.39. The highest BCUT2D eigenvalue weighted by molar-refractivity contribution is 5.82. The zero-order valence-electron chi connectivity index (χ0n) is 12.9. The van der Waals surface area contributed by atoms with E-state index in [-0.39, 0.29) is 5.82 Å². The van der Waals surface area contributed by atoms with Crippen molar-refractivity contribution in [2.24, 2.45) is 5.73 Å². The number of hydrogen-bond donors (Lipinski definition) is 2. The molecule has 0 saturated heterocycles. The SMILES string of the molecule is C1CC1.NCc1ccccc1-c1ccc2nc(N)c(C=O)n2c1. The molecule has 118 valence electrons. The van der Waals surface area contributed by atoms with Crippen LogP contribution in [0.5, 0.6) is 0 Å². The molecule has 5 nitrogen and oxygen atoms in total. The van der Waals surface area contributed by atoms with Crippen LogP contribution in [0, 0.1) is 0 Å². The quantitative estimate of drug-likeness (QED) is 0.728. The molecule has 0 spiro atoms. The summed E-state index contributed by atoms with van der Waals surface area (Å²) < 4.78 is 1.70. The van der Waals surface area contributed by atoms with Gasteiger partial charge in [0.1, 0.15) is 11.3 Å². The molecule has 1 fully saturated rings. The number of carbonyl (C=O) groups excluding carboxylic acids is 1. The van der Waals surface area contributed by atoms with Gasteiger partial charge in [-0.05, 0) is 28.8 Å². The van der Waals surface area contributed by atoms with Crippen molar-refractivity contribution in [3.63, 3.8) is 0 Å². The van der Waals surface area contributed by atoms with E-state index in [9.17, 15) is 4.79 Å². The molecule has 23 heavy (non-hydrogen) atoms. The van der Waals surface area contributed by atoms with Crippen molar-refractivity contribution in [3.05, 3.63) is 53.9 Å². The molecule has 0 amide bonds. The molecule has 1 aliphatic rings. The molecular formula is C18H20N4O. The standard InChI is InChI=1S/C15H14N4O.C3H6/c16-7-10-3-1-2-4-12(10)11-5-6-14-18-15(17)13(9-20)19(14)8-11;1-2-3-1/h1-6,8-9H,7,16-17H2;1-3H2. The zero-order valence-corrected chi connectivity index (χ0v) is 12.9. The summed E-state index contributed by atoms with van der Waals surface area (Å²) in [5, 5.41) is 0. The molecule has 0 radical (unpaired) electrons. The van der Waals surface area contributed by atoms with Crippen molar-refractivity contribution in [1.29, 1.82) is 0 Å². The van der Waals surface area contributed by atoms with E-state index in [1.54, 1.807) is 4.40 Å². The van der Waals surface area contributed by atoms with Gasteiger partial charge >= 0.3 is 0 Å². The van der Waals surface area contributed by atoms with Crippen LogP contribution in [0.3, 0.4) is 0 Å². The van der Waals surface area contributed by atoms with Crippen LogP contribution in [0.15, 0.2) is 42.6 Å². The number of nitrogen functional groups attached to an aromatic ring is 1. The number of fused-ring (bicyclic) bond motifs is 1. The van der Waals surface area contributed by atoms with E-state index in [0.717, 1.165) is 16.7 Å². The molecule has 0 unspecified atom stereocenters. The monoisotopic (exact) mass is 308 g/mol. The fourth-order valence-electron chi connectivity index (χ4n) is 2.34. The first-order valence-corrected chi connectivity index (χ1v) is 7.75. The minimum Gasteiger partial charge on any atom is -0.382 e. The number of rotatable bonds is 3. The Labute approximate surface area is 134 Å². The zero-order chi connectivity index (χ0) is 16.2. The molecule has 2 heterocycles. The number of benzene rings is 1. The molecule has 0 atom stereocenters. The van der Waals surface area contributed by atoms with Crippen molar-refractivity contribution >= 4 is 17.8 Å². The molecule has 4 N–H and O–H groups in total. The Bertz CT molecular complexity index is 833. The average molecular weight is 308 g/mol. The first-order valence-electron chi connectivity index (χ1n) is 7.75. The molecule has 0 aliphatic heterocycles. The Morgan fingerprint density at radius 1 is 1.13 bits per heavy atom. The summed E-state index contributed by atoms with van der Waals surface area (Å²) >= 11 is 0. The van der Waals surface area contributed by atoms with Gasteiger partial charge in [0.25, 0.3) is 0 Å². The molecule has 3 aromatic rings. The van der Waals surface area contributed by atoms with Crippen LogP contribution in [-0.4, -0.2) is 15.7 Å². The van der Waals surface area contributed by atoms with Crippen LogP contribution in [-0.2, 0) is 6.54 Å². The first kappa shape index (κ1) is 15.2. The molecule has 4 rings (SSSR count). The first-order chi connectivity index (χ1) is 11.2. The second-order valence-corrected chi connectivity index (χ2v) is 5.57. The lowest BCUT2D eigenvalue weighted by Gasteiger charge is -2.08. The fourth-order valence-corrected chi connectivity index (χ4v) is 2.34. The van der Waals surface area contributed by atoms with Crippen LogP contribution < -0.4 is 11.5 Å². The van der Waals surface area contributed by atoms with Gasteiger partial charge in [0, 0.05) is 12.7 Å². The highest BCUT2D eigenvalue weighted by atomic mass is 16.1. The lowest BCUT2D eigenvalue weighted by Crippen LogP contribution is -2.00. The summed E-state index contributed by atoms with van der Waals surface area (Å²) in [7, 11) is 0. The van der Waals surface area contributed by atoms with Gasteiger partial charge in [-0.2, -0.15) is 0 Å². The maximum atomic E-state index is 11.1. The van der Waals surface area contributed by atoms with E-state index in [1.807, 2.05) is 42.6 Å². The predicted octanol–water partition coefficient (Wildman–Crippen LogP) is 3.03. The summed E-state index contributed by atoms with van der Waals surface area (Å²) in [6.07, 6.45) is 7.07. The van der Waals surface area contributed by atoms with Crippen LogP contribution in [0.2, 0.25) is 0 Å². The van der Waals surface area contributed by atoms with Crippen molar-refractivity contribution in [2.45, 2.75) is 25.8 Å². The van der Waals surface area contributed by atoms with Crippen LogP contribution in [0.25, 0.3) is 16.8 Å². The highest BCUT2D eigenvalue weighted by Crippen LogP contribution is 2.25. The van der Waals surface area contributed by atoms with Gasteiger partial charge in [-0.1, -0.05) is 43.5 Å². The largest absolute Gasteiger partial charge is 0.382 e. The van der Waals surface area contributed by atoms with Crippen LogP contribution >= 0.6 is 0 Å². The normalized spacial score (nSPS) is 12.6. The number of pyridine rings is 1. The van der Waals surface area contributed by atoms with E-state index in [1.165, 1.54) is 19.3 Å². The Hall–Kier alpha value is -2.66. The number of nitrogens with two attached hydrogens (primary N) is 2. The number of aromatic nitrogens is 2. The third-order valence-corrected chi connectivity index (χ3v) is 3.70. The Morgan fingerprint density at radius 3 is 2.52 bits per heavy atom. The van der Waals surface area contributed by atoms with Crippen molar-refractivity contribution < 1.29 is 4.79 Å². The smallest absolute Gasteiger partial charge is 0.170 e. The summed E-state index contributed by atoms with van der Waals surface area (Å²) in [5.41, 5.74) is 15.6. The van der Waals surface area contributed by atoms with Crippen molar-refractivity contribution in [1.82, 2.24) is 9.38 Å². The summed E-state index contributed by atoms with van der Waals surface area (Å²) in [5.74, 6) is 0.240. The van der Waals surface area contributed by atoms with Gasteiger partial charge in [-0.25, -0.2) is 4.98 Å². The maximum absolute atomic E-state index is 11.1. The Balaban J connectivity index is 0.000000468. The second-order valence-electron chi connectivity index (χ2n) is 5.57. The van der Waals surface area contributed by atoms with Crippen LogP contribution in [0.4, 0.5) is 5.82 Å². The number of anilines is 1. The number of aldehydes is 1. The van der Waals surface area contributed by atoms with Crippen LogP contribution in [0.1, 0.15) is 35.3 Å². The maximum Gasteiger partial charge on any atom is 0.170 e.